The van der Waals surface area contributed by atoms with E-state index in [0.717, 1.165) is 22.3 Å². The van der Waals surface area contributed by atoms with Gasteiger partial charge in [-0.25, -0.2) is 9.59 Å². The first kappa shape index (κ1) is 22.2. The highest BCUT2D eigenvalue weighted by Crippen LogP contribution is 2.22. The Labute approximate surface area is 170 Å². The maximum absolute atomic E-state index is 12.1. The van der Waals surface area contributed by atoms with Gasteiger partial charge in [0.15, 0.2) is 0 Å². The molecular formula is C22H28N2O5. The molecule has 7 heteroatoms. The summed E-state index contributed by atoms with van der Waals surface area (Å²) >= 11 is 0. The fourth-order valence-electron chi connectivity index (χ4n) is 2.87. The minimum absolute atomic E-state index is 0.0583. The lowest BCUT2D eigenvalue weighted by Gasteiger charge is -2.22. The van der Waals surface area contributed by atoms with Gasteiger partial charge in [-0.3, -0.25) is 4.79 Å². The van der Waals surface area contributed by atoms with Gasteiger partial charge in [-0.1, -0.05) is 24.3 Å². The normalized spacial score (nSPS) is 12.2. The first-order valence-electron chi connectivity index (χ1n) is 9.34. The van der Waals surface area contributed by atoms with Crippen molar-refractivity contribution >= 4 is 12.1 Å². The molecule has 1 aromatic heterocycles. The Bertz CT molecular complexity index is 939. The molecule has 156 valence electrons. The van der Waals surface area contributed by atoms with Crippen LogP contribution in [0.2, 0.25) is 0 Å². The minimum atomic E-state index is -0.861. The fourth-order valence-corrected chi connectivity index (χ4v) is 2.87. The van der Waals surface area contributed by atoms with Gasteiger partial charge < -0.3 is 19.4 Å². The Morgan fingerprint density at radius 3 is 2.34 bits per heavy atom. The van der Waals surface area contributed by atoms with E-state index in [1.54, 1.807) is 40.1 Å². The molecule has 1 N–H and O–H groups in total. The SMILES string of the molecule is COC(=O)[C@H](Cc1ccc(-c2cn(C)c(=O)cc2C)cc1)NC(=O)OC(C)(C)C. The van der Waals surface area contributed by atoms with Crippen molar-refractivity contribution in [2.24, 2.45) is 7.05 Å². The molecule has 0 aliphatic carbocycles. The predicted octanol–water partition coefficient (Wildman–Crippen LogP) is 2.97. The van der Waals surface area contributed by atoms with Crippen molar-refractivity contribution in [3.8, 4) is 11.1 Å². The Morgan fingerprint density at radius 2 is 1.79 bits per heavy atom. The Balaban J connectivity index is 2.18. The Hall–Kier alpha value is -3.09. The molecule has 7 nitrogen and oxygen atoms in total. The molecule has 0 unspecified atom stereocenters. The van der Waals surface area contributed by atoms with E-state index in [1.807, 2.05) is 31.2 Å². The third-order valence-electron chi connectivity index (χ3n) is 4.32. The van der Waals surface area contributed by atoms with Crippen molar-refractivity contribution in [1.82, 2.24) is 9.88 Å². The number of alkyl carbamates (subject to hydrolysis) is 1. The first-order chi connectivity index (χ1) is 13.5. The highest BCUT2D eigenvalue weighted by molar-refractivity contribution is 5.81. The van der Waals surface area contributed by atoms with E-state index >= 15 is 0 Å². The second-order valence-electron chi connectivity index (χ2n) is 7.94. The van der Waals surface area contributed by atoms with Gasteiger partial charge in [0, 0.05) is 31.3 Å². The van der Waals surface area contributed by atoms with Crippen LogP contribution in [0.3, 0.4) is 0 Å². The molecule has 2 aromatic rings. The van der Waals surface area contributed by atoms with E-state index < -0.39 is 23.7 Å². The average molecular weight is 400 g/mol. The van der Waals surface area contributed by atoms with Crippen molar-refractivity contribution in [3.63, 3.8) is 0 Å². The standard InChI is InChI=1S/C22H28N2O5/c1-14-11-19(25)24(5)13-17(14)16-9-7-15(8-10-16)12-18(20(26)28-6)23-21(27)29-22(2,3)4/h7-11,13,18H,12H2,1-6H3,(H,23,27)/t18-/m0/s1. The number of hydrogen-bond acceptors (Lipinski definition) is 5. The number of benzene rings is 1. The lowest BCUT2D eigenvalue weighted by molar-refractivity contribution is -0.143. The molecule has 0 spiro atoms. The van der Waals surface area contributed by atoms with Crippen molar-refractivity contribution in [2.75, 3.05) is 7.11 Å². The zero-order valence-corrected chi connectivity index (χ0v) is 17.7. The number of nitrogens with one attached hydrogen (secondary N) is 1. The third-order valence-corrected chi connectivity index (χ3v) is 4.32. The number of esters is 1. The number of aryl methyl sites for hydroxylation is 2. The molecule has 0 saturated carbocycles. The lowest BCUT2D eigenvalue weighted by Crippen LogP contribution is -2.45. The maximum Gasteiger partial charge on any atom is 0.408 e. The van der Waals surface area contributed by atoms with Crippen LogP contribution in [-0.2, 0) is 27.7 Å². The molecule has 0 aliphatic heterocycles. The second kappa shape index (κ2) is 8.94. The zero-order valence-electron chi connectivity index (χ0n) is 17.7. The van der Waals surface area contributed by atoms with Crippen LogP contribution in [0.1, 0.15) is 31.9 Å². The lowest BCUT2D eigenvalue weighted by atomic mass is 9.99. The van der Waals surface area contributed by atoms with Crippen LogP contribution in [0.15, 0.2) is 41.3 Å². The summed E-state index contributed by atoms with van der Waals surface area (Å²) in [5.41, 5.74) is 2.92. The van der Waals surface area contributed by atoms with E-state index in [4.69, 9.17) is 9.47 Å². The van der Waals surface area contributed by atoms with Crippen molar-refractivity contribution < 1.29 is 19.1 Å². The van der Waals surface area contributed by atoms with Gasteiger partial charge in [0.05, 0.1) is 7.11 Å². The van der Waals surface area contributed by atoms with Gasteiger partial charge in [0.1, 0.15) is 11.6 Å². The monoisotopic (exact) mass is 400 g/mol. The number of aromatic nitrogens is 1. The van der Waals surface area contributed by atoms with Crippen LogP contribution < -0.4 is 10.9 Å². The fraction of sp³-hybridized carbons (Fsp3) is 0.409. The van der Waals surface area contributed by atoms with Gasteiger partial charge in [-0.05, 0) is 44.4 Å². The minimum Gasteiger partial charge on any atom is -0.467 e. The third kappa shape index (κ3) is 6.20. The average Bonchev–Trinajstić information content (AvgIpc) is 2.62. The summed E-state index contributed by atoms with van der Waals surface area (Å²) in [4.78, 5) is 35.9. The number of pyridine rings is 1. The number of methoxy groups -OCH3 is 1. The second-order valence-corrected chi connectivity index (χ2v) is 7.94. The van der Waals surface area contributed by atoms with Gasteiger partial charge in [0.25, 0.3) is 5.56 Å². The quantitative estimate of drug-likeness (QED) is 0.780. The summed E-state index contributed by atoms with van der Waals surface area (Å²) < 4.78 is 11.6. The van der Waals surface area contributed by atoms with E-state index in [0.29, 0.717) is 0 Å². The number of ether oxygens (including phenoxy) is 2. The molecule has 2 rings (SSSR count). The van der Waals surface area contributed by atoms with E-state index in [-0.39, 0.29) is 12.0 Å². The summed E-state index contributed by atoms with van der Waals surface area (Å²) in [6.07, 6.45) is 1.39. The summed E-state index contributed by atoms with van der Waals surface area (Å²) in [5, 5.41) is 2.57. The maximum atomic E-state index is 12.1. The van der Waals surface area contributed by atoms with E-state index in [9.17, 15) is 14.4 Å². The molecule has 1 aromatic carbocycles. The molecule has 1 amide bonds. The summed E-state index contributed by atoms with van der Waals surface area (Å²) in [5.74, 6) is -0.547. The first-order valence-corrected chi connectivity index (χ1v) is 9.34. The highest BCUT2D eigenvalue weighted by Gasteiger charge is 2.25. The van der Waals surface area contributed by atoms with Crippen LogP contribution in [0.5, 0.6) is 0 Å². The summed E-state index contributed by atoms with van der Waals surface area (Å²) in [6, 6.07) is 8.34. The highest BCUT2D eigenvalue weighted by atomic mass is 16.6. The van der Waals surface area contributed by atoms with Gasteiger partial charge in [0.2, 0.25) is 0 Å². The van der Waals surface area contributed by atoms with Crippen LogP contribution >= 0.6 is 0 Å². The molecule has 29 heavy (non-hydrogen) atoms. The predicted molar refractivity (Wildman–Crippen MR) is 111 cm³/mol. The van der Waals surface area contributed by atoms with Crippen LogP contribution in [-0.4, -0.2) is 35.4 Å². The smallest absolute Gasteiger partial charge is 0.408 e. The van der Waals surface area contributed by atoms with E-state index in [1.165, 1.54) is 11.7 Å². The van der Waals surface area contributed by atoms with Crippen LogP contribution in [0.4, 0.5) is 4.79 Å². The van der Waals surface area contributed by atoms with E-state index in [2.05, 4.69) is 5.32 Å². The molecule has 0 aliphatic rings. The zero-order chi connectivity index (χ0) is 21.8. The summed E-state index contributed by atoms with van der Waals surface area (Å²) in [6.45, 7) is 7.14. The van der Waals surface area contributed by atoms with Crippen LogP contribution in [0, 0.1) is 6.92 Å². The molecule has 0 bridgehead atoms. The molecule has 0 saturated heterocycles. The molecule has 1 atom stereocenters. The van der Waals surface area contributed by atoms with Crippen molar-refractivity contribution in [1.29, 1.82) is 0 Å². The van der Waals surface area contributed by atoms with Crippen LogP contribution in [0.25, 0.3) is 11.1 Å². The Morgan fingerprint density at radius 1 is 1.17 bits per heavy atom. The molecule has 0 fully saturated rings. The van der Waals surface area contributed by atoms with Crippen molar-refractivity contribution in [2.45, 2.75) is 45.8 Å². The number of nitrogens with zero attached hydrogens (tertiary/aromatic N) is 1. The van der Waals surface area contributed by atoms with Crippen molar-refractivity contribution in [3.05, 3.63) is 58.0 Å². The van der Waals surface area contributed by atoms with Gasteiger partial charge in [-0.2, -0.15) is 0 Å². The van der Waals surface area contributed by atoms with Gasteiger partial charge >= 0.3 is 12.1 Å². The Kier molecular flexibility index (Phi) is 6.84. The summed E-state index contributed by atoms with van der Waals surface area (Å²) in [7, 11) is 2.99. The number of rotatable bonds is 5. The largest absolute Gasteiger partial charge is 0.467 e. The van der Waals surface area contributed by atoms with Gasteiger partial charge in [-0.15, -0.1) is 0 Å². The molecule has 0 radical (unpaired) electrons. The molecular weight excluding hydrogens is 372 g/mol. The number of carbonyl (C=O) groups is 2. The number of carbonyl (C=O) groups excluding carboxylic acids is 2. The number of amides is 1. The number of hydrogen-bond donors (Lipinski definition) is 1. The topological polar surface area (TPSA) is 86.6 Å². The molecule has 1 heterocycles.